The van der Waals surface area contributed by atoms with Gasteiger partial charge < -0.3 is 14.1 Å². The molecular weight excluding hydrogens is 310 g/mol. The second kappa shape index (κ2) is 6.13. The van der Waals surface area contributed by atoms with E-state index in [9.17, 15) is 4.79 Å². The summed E-state index contributed by atoms with van der Waals surface area (Å²) in [6, 6.07) is 5.61. The largest absolute Gasteiger partial charge is 0.459 e. The number of furan rings is 1. The van der Waals surface area contributed by atoms with Crippen LogP contribution in [0.5, 0.6) is 0 Å². The first-order chi connectivity index (χ1) is 11.2. The number of fused-ring (bicyclic) bond motifs is 3. The van der Waals surface area contributed by atoms with Crippen LogP contribution < -0.4 is 0 Å². The highest BCUT2D eigenvalue weighted by Gasteiger charge is 2.38. The van der Waals surface area contributed by atoms with Gasteiger partial charge in [0.05, 0.1) is 18.9 Å². The molecule has 1 aliphatic heterocycles. The first kappa shape index (κ1) is 15.0. The molecule has 1 saturated carbocycles. The summed E-state index contributed by atoms with van der Waals surface area (Å²) in [6.07, 6.45) is 6.72. The van der Waals surface area contributed by atoms with Crippen LogP contribution in [0.2, 0.25) is 0 Å². The van der Waals surface area contributed by atoms with Gasteiger partial charge in [0.25, 0.3) is 5.91 Å². The van der Waals surface area contributed by atoms with Crippen molar-refractivity contribution in [2.45, 2.75) is 43.8 Å². The number of ether oxygens (including phenoxy) is 1. The summed E-state index contributed by atoms with van der Waals surface area (Å²) in [4.78, 5) is 15.6. The van der Waals surface area contributed by atoms with E-state index in [2.05, 4.69) is 11.4 Å². The number of amides is 1. The normalized spacial score (nSPS) is 26.4. The molecule has 2 aliphatic rings. The van der Waals surface area contributed by atoms with E-state index < -0.39 is 0 Å². The zero-order chi connectivity index (χ0) is 15.8. The lowest BCUT2D eigenvalue weighted by Gasteiger charge is -2.40. The SMILES string of the molecule is CN(C[C@@H]1O[C@@H]2CCCC[C@@H]2c2sccc21)C(=O)c1ccco1. The molecule has 0 radical (unpaired) electrons. The lowest BCUT2D eigenvalue weighted by molar-refractivity contribution is -0.0636. The van der Waals surface area contributed by atoms with Gasteiger partial charge in [-0.3, -0.25) is 4.79 Å². The van der Waals surface area contributed by atoms with Crippen molar-refractivity contribution in [1.82, 2.24) is 4.90 Å². The van der Waals surface area contributed by atoms with Crippen LogP contribution in [0.4, 0.5) is 0 Å². The molecule has 5 heteroatoms. The van der Waals surface area contributed by atoms with Gasteiger partial charge in [-0.1, -0.05) is 12.8 Å². The molecule has 122 valence electrons. The number of carbonyl (C=O) groups is 1. The van der Waals surface area contributed by atoms with Crippen molar-refractivity contribution in [2.24, 2.45) is 0 Å². The number of nitrogens with zero attached hydrogens (tertiary/aromatic N) is 1. The zero-order valence-corrected chi connectivity index (χ0v) is 14.1. The van der Waals surface area contributed by atoms with E-state index in [0.29, 0.717) is 24.3 Å². The minimum absolute atomic E-state index is 0.0282. The number of likely N-dealkylation sites (N-methyl/N-ethyl adjacent to an activating group) is 1. The summed E-state index contributed by atoms with van der Waals surface area (Å²) in [5.41, 5.74) is 1.28. The van der Waals surface area contributed by atoms with Crippen LogP contribution in [0.15, 0.2) is 34.3 Å². The maximum absolute atomic E-state index is 12.4. The fourth-order valence-corrected chi connectivity index (χ4v) is 4.94. The van der Waals surface area contributed by atoms with Crippen molar-refractivity contribution in [3.63, 3.8) is 0 Å². The molecule has 4 rings (SSSR count). The lowest BCUT2D eigenvalue weighted by Crippen LogP contribution is -2.38. The molecule has 0 spiro atoms. The van der Waals surface area contributed by atoms with Crippen molar-refractivity contribution in [3.8, 4) is 0 Å². The number of rotatable bonds is 3. The predicted molar refractivity (Wildman–Crippen MR) is 88.8 cm³/mol. The van der Waals surface area contributed by atoms with Crippen LogP contribution in [0.1, 0.15) is 58.7 Å². The maximum atomic E-state index is 12.4. The summed E-state index contributed by atoms with van der Waals surface area (Å²) < 4.78 is 11.6. The fraction of sp³-hybridized carbons (Fsp3) is 0.500. The van der Waals surface area contributed by atoms with Crippen molar-refractivity contribution in [2.75, 3.05) is 13.6 Å². The van der Waals surface area contributed by atoms with Gasteiger partial charge in [-0.15, -0.1) is 11.3 Å². The van der Waals surface area contributed by atoms with E-state index in [1.807, 2.05) is 18.4 Å². The van der Waals surface area contributed by atoms with E-state index in [1.165, 1.54) is 36.0 Å². The third-order valence-electron chi connectivity index (χ3n) is 4.97. The van der Waals surface area contributed by atoms with Crippen LogP contribution in [-0.4, -0.2) is 30.5 Å². The molecule has 2 aromatic rings. The molecule has 1 fully saturated rings. The van der Waals surface area contributed by atoms with E-state index in [1.54, 1.807) is 17.0 Å². The van der Waals surface area contributed by atoms with E-state index in [0.717, 1.165) is 6.42 Å². The Morgan fingerprint density at radius 1 is 1.35 bits per heavy atom. The topological polar surface area (TPSA) is 42.7 Å². The first-order valence-electron chi connectivity index (χ1n) is 8.26. The molecule has 4 nitrogen and oxygen atoms in total. The highest BCUT2D eigenvalue weighted by Crippen LogP contribution is 2.47. The monoisotopic (exact) mass is 331 g/mol. The Hall–Kier alpha value is -1.59. The van der Waals surface area contributed by atoms with Gasteiger partial charge in [0, 0.05) is 17.8 Å². The Balaban J connectivity index is 1.54. The molecule has 23 heavy (non-hydrogen) atoms. The van der Waals surface area contributed by atoms with Crippen molar-refractivity contribution < 1.29 is 13.9 Å². The van der Waals surface area contributed by atoms with Gasteiger partial charge in [0.2, 0.25) is 0 Å². The summed E-state index contributed by atoms with van der Waals surface area (Å²) in [7, 11) is 1.81. The first-order valence-corrected chi connectivity index (χ1v) is 9.13. The molecule has 0 aromatic carbocycles. The number of hydrogen-bond acceptors (Lipinski definition) is 4. The van der Waals surface area contributed by atoms with Crippen LogP contribution in [0.25, 0.3) is 0 Å². The molecule has 0 N–H and O–H groups in total. The predicted octanol–water partition coefficient (Wildman–Crippen LogP) is 4.21. The summed E-state index contributed by atoms with van der Waals surface area (Å²) in [5, 5.41) is 2.16. The average molecular weight is 331 g/mol. The third kappa shape index (κ3) is 2.72. The summed E-state index contributed by atoms with van der Waals surface area (Å²) >= 11 is 1.85. The molecule has 1 aliphatic carbocycles. The van der Waals surface area contributed by atoms with Crippen LogP contribution in [-0.2, 0) is 4.74 Å². The molecule has 2 aromatic heterocycles. The van der Waals surface area contributed by atoms with Gasteiger partial charge in [0.1, 0.15) is 6.10 Å². The van der Waals surface area contributed by atoms with Gasteiger partial charge in [-0.2, -0.15) is 0 Å². The van der Waals surface area contributed by atoms with Crippen LogP contribution in [0.3, 0.4) is 0 Å². The zero-order valence-electron chi connectivity index (χ0n) is 13.2. The number of thiophene rings is 1. The Morgan fingerprint density at radius 3 is 3.04 bits per heavy atom. The van der Waals surface area contributed by atoms with Crippen LogP contribution >= 0.6 is 11.3 Å². The molecule has 1 amide bonds. The Kier molecular flexibility index (Phi) is 3.99. The molecule has 0 saturated heterocycles. The van der Waals surface area contributed by atoms with Crippen LogP contribution in [0, 0.1) is 0 Å². The van der Waals surface area contributed by atoms with E-state index >= 15 is 0 Å². The number of carbonyl (C=O) groups excluding carboxylic acids is 1. The molecule has 3 atom stereocenters. The summed E-state index contributed by atoms with van der Waals surface area (Å²) in [6.45, 7) is 0.562. The Morgan fingerprint density at radius 2 is 2.22 bits per heavy atom. The lowest BCUT2D eigenvalue weighted by atomic mass is 9.81. The van der Waals surface area contributed by atoms with Crippen molar-refractivity contribution in [3.05, 3.63) is 46.0 Å². The standard InChI is InChI=1S/C18H21NO3S/c1-19(18(20)15-7-4-9-21-15)11-16-13-8-10-23-17(13)12-5-2-3-6-14(12)22-16/h4,7-10,12,14,16H,2-3,5-6,11H2,1H3/t12-,14+,16-/m0/s1. The Labute approximate surface area is 140 Å². The maximum Gasteiger partial charge on any atom is 0.289 e. The smallest absolute Gasteiger partial charge is 0.289 e. The molecule has 3 heterocycles. The van der Waals surface area contributed by atoms with Gasteiger partial charge in [0.15, 0.2) is 5.76 Å². The second-order valence-electron chi connectivity index (χ2n) is 6.46. The Bertz CT molecular complexity index is 678. The van der Waals surface area contributed by atoms with Crippen molar-refractivity contribution in [1.29, 1.82) is 0 Å². The minimum Gasteiger partial charge on any atom is -0.459 e. The molecule has 0 unspecified atom stereocenters. The van der Waals surface area contributed by atoms with Gasteiger partial charge >= 0.3 is 0 Å². The molecule has 0 bridgehead atoms. The highest BCUT2D eigenvalue weighted by molar-refractivity contribution is 7.10. The van der Waals surface area contributed by atoms with Crippen molar-refractivity contribution >= 4 is 17.2 Å². The summed E-state index contributed by atoms with van der Waals surface area (Å²) in [5.74, 6) is 0.839. The van der Waals surface area contributed by atoms with E-state index in [4.69, 9.17) is 9.15 Å². The van der Waals surface area contributed by atoms with E-state index in [-0.39, 0.29) is 12.0 Å². The van der Waals surface area contributed by atoms with Gasteiger partial charge in [-0.25, -0.2) is 0 Å². The second-order valence-corrected chi connectivity index (χ2v) is 7.40. The fourth-order valence-electron chi connectivity index (χ4n) is 3.80. The quantitative estimate of drug-likeness (QED) is 0.846. The minimum atomic E-state index is -0.0962. The molecular formula is C18H21NO3S. The number of hydrogen-bond donors (Lipinski definition) is 0. The third-order valence-corrected chi connectivity index (χ3v) is 6.04. The highest BCUT2D eigenvalue weighted by atomic mass is 32.1. The average Bonchev–Trinajstić information content (AvgIpc) is 3.26. The van der Waals surface area contributed by atoms with Gasteiger partial charge in [-0.05, 0) is 42.0 Å².